The van der Waals surface area contributed by atoms with Gasteiger partial charge in [-0.3, -0.25) is 9.78 Å². The molecule has 0 saturated carbocycles. The van der Waals surface area contributed by atoms with Gasteiger partial charge in [0.2, 0.25) is 0 Å². The highest BCUT2D eigenvalue weighted by atomic mass is 79.9. The van der Waals surface area contributed by atoms with E-state index in [2.05, 4.69) is 32.8 Å². The van der Waals surface area contributed by atoms with Crippen LogP contribution in [0.25, 0.3) is 0 Å². The molecule has 1 heterocycles. The van der Waals surface area contributed by atoms with Crippen LogP contribution in [0, 0.1) is 4.77 Å². The average Bonchev–Trinajstić information content (AvgIpc) is 2.36. The third-order valence-electron chi connectivity index (χ3n) is 2.92. The van der Waals surface area contributed by atoms with Crippen LogP contribution < -0.4 is 5.56 Å². The van der Waals surface area contributed by atoms with E-state index >= 15 is 0 Å². The van der Waals surface area contributed by atoms with Gasteiger partial charge in [0, 0.05) is 22.2 Å². The molecule has 3 nitrogen and oxygen atoms in total. The standard InChI is InChI=1S/C14H15BrN2OS/c1-2-3-12-11(13(18)17-14(19)16-12)8-9-4-6-10(15)7-5-9/h4-7H,2-3,8H2,1H3,(H2,16,17,18,19). The first-order valence-corrected chi connectivity index (χ1v) is 7.39. The maximum Gasteiger partial charge on any atom is 0.255 e. The molecular formula is C14H15BrN2OS. The molecule has 5 heteroatoms. The Kier molecular flexibility index (Phi) is 4.71. The van der Waals surface area contributed by atoms with Crippen molar-refractivity contribution in [3.8, 4) is 0 Å². The molecular weight excluding hydrogens is 324 g/mol. The maximum absolute atomic E-state index is 12.1. The first-order valence-electron chi connectivity index (χ1n) is 6.19. The molecule has 1 aromatic carbocycles. The van der Waals surface area contributed by atoms with E-state index in [0.717, 1.165) is 34.1 Å². The van der Waals surface area contributed by atoms with Crippen molar-refractivity contribution in [2.45, 2.75) is 26.2 Å². The fourth-order valence-corrected chi connectivity index (χ4v) is 2.50. The monoisotopic (exact) mass is 338 g/mol. The fourth-order valence-electron chi connectivity index (χ4n) is 2.02. The highest BCUT2D eigenvalue weighted by molar-refractivity contribution is 9.10. The molecule has 2 rings (SSSR count). The number of aryl methyl sites for hydroxylation is 1. The van der Waals surface area contributed by atoms with E-state index in [-0.39, 0.29) is 5.56 Å². The van der Waals surface area contributed by atoms with E-state index in [9.17, 15) is 4.79 Å². The fraction of sp³-hybridized carbons (Fsp3) is 0.286. The topological polar surface area (TPSA) is 48.6 Å². The Bertz CT molecular complexity index is 673. The molecule has 0 aliphatic heterocycles. The van der Waals surface area contributed by atoms with E-state index in [1.54, 1.807) is 0 Å². The lowest BCUT2D eigenvalue weighted by Gasteiger charge is -2.08. The third-order valence-corrected chi connectivity index (χ3v) is 3.66. The summed E-state index contributed by atoms with van der Waals surface area (Å²) in [6.45, 7) is 2.08. The van der Waals surface area contributed by atoms with Gasteiger partial charge in [-0.25, -0.2) is 0 Å². The van der Waals surface area contributed by atoms with Gasteiger partial charge in [-0.15, -0.1) is 0 Å². The van der Waals surface area contributed by atoms with Crippen molar-refractivity contribution in [1.29, 1.82) is 0 Å². The lowest BCUT2D eigenvalue weighted by molar-refractivity contribution is 0.832. The summed E-state index contributed by atoms with van der Waals surface area (Å²) in [7, 11) is 0. The minimum atomic E-state index is -0.0879. The predicted molar refractivity (Wildman–Crippen MR) is 83.2 cm³/mol. The molecule has 0 unspecified atom stereocenters. The second-order valence-corrected chi connectivity index (χ2v) is 5.74. The number of aromatic nitrogens is 2. The lowest BCUT2D eigenvalue weighted by atomic mass is 10.0. The molecule has 100 valence electrons. The summed E-state index contributed by atoms with van der Waals surface area (Å²) in [5.41, 5.74) is 2.74. The number of hydrogen-bond acceptors (Lipinski definition) is 2. The SMILES string of the molecule is CCCc1[nH]c(=S)[nH]c(=O)c1Cc1ccc(Br)cc1. The van der Waals surface area contributed by atoms with Gasteiger partial charge in [0.25, 0.3) is 5.56 Å². The van der Waals surface area contributed by atoms with Crippen LogP contribution >= 0.6 is 28.1 Å². The summed E-state index contributed by atoms with van der Waals surface area (Å²) in [4.78, 5) is 17.8. The Morgan fingerprint density at radius 2 is 1.89 bits per heavy atom. The number of nitrogens with one attached hydrogen (secondary N) is 2. The van der Waals surface area contributed by atoms with E-state index in [4.69, 9.17) is 12.2 Å². The van der Waals surface area contributed by atoms with Crippen LogP contribution in [0.1, 0.15) is 30.2 Å². The van der Waals surface area contributed by atoms with Gasteiger partial charge in [0.05, 0.1) is 0 Å². The zero-order valence-electron chi connectivity index (χ0n) is 10.6. The summed E-state index contributed by atoms with van der Waals surface area (Å²) in [5.74, 6) is 0. The zero-order valence-corrected chi connectivity index (χ0v) is 13.0. The van der Waals surface area contributed by atoms with Gasteiger partial charge in [-0.2, -0.15) is 0 Å². The minimum absolute atomic E-state index is 0.0879. The van der Waals surface area contributed by atoms with Crippen LogP contribution in [0.15, 0.2) is 33.5 Å². The van der Waals surface area contributed by atoms with Gasteiger partial charge in [0.15, 0.2) is 4.77 Å². The quantitative estimate of drug-likeness (QED) is 0.834. The van der Waals surface area contributed by atoms with Crippen LogP contribution in [0.5, 0.6) is 0 Å². The number of rotatable bonds is 4. The second-order valence-electron chi connectivity index (χ2n) is 4.42. The molecule has 0 fully saturated rings. The molecule has 0 aliphatic carbocycles. The average molecular weight is 339 g/mol. The molecule has 2 aromatic rings. The first-order chi connectivity index (χ1) is 9.10. The summed E-state index contributed by atoms with van der Waals surface area (Å²) in [6.07, 6.45) is 2.42. The largest absolute Gasteiger partial charge is 0.336 e. The summed E-state index contributed by atoms with van der Waals surface area (Å²) >= 11 is 8.43. The van der Waals surface area contributed by atoms with Crippen LogP contribution in [0.3, 0.4) is 0 Å². The van der Waals surface area contributed by atoms with Crippen LogP contribution in [-0.2, 0) is 12.8 Å². The van der Waals surface area contributed by atoms with Gasteiger partial charge >= 0.3 is 0 Å². The van der Waals surface area contributed by atoms with Crippen molar-refractivity contribution in [2.75, 3.05) is 0 Å². The molecule has 0 aliphatic rings. The van der Waals surface area contributed by atoms with Gasteiger partial charge < -0.3 is 4.98 Å². The summed E-state index contributed by atoms with van der Waals surface area (Å²) in [6, 6.07) is 7.99. The molecule has 19 heavy (non-hydrogen) atoms. The summed E-state index contributed by atoms with van der Waals surface area (Å²) < 4.78 is 1.43. The van der Waals surface area contributed by atoms with Crippen LogP contribution in [-0.4, -0.2) is 9.97 Å². The molecule has 0 amide bonds. The van der Waals surface area contributed by atoms with Crippen LogP contribution in [0.2, 0.25) is 0 Å². The lowest BCUT2D eigenvalue weighted by Crippen LogP contribution is -2.18. The normalized spacial score (nSPS) is 10.6. The number of aromatic amines is 2. The van der Waals surface area contributed by atoms with Crippen molar-refractivity contribution in [3.63, 3.8) is 0 Å². The highest BCUT2D eigenvalue weighted by Gasteiger charge is 2.08. The smallest absolute Gasteiger partial charge is 0.255 e. The maximum atomic E-state index is 12.1. The van der Waals surface area contributed by atoms with E-state index in [1.165, 1.54) is 0 Å². The zero-order chi connectivity index (χ0) is 13.8. The molecule has 0 spiro atoms. The molecule has 0 radical (unpaired) electrons. The van der Waals surface area contributed by atoms with Crippen molar-refractivity contribution in [3.05, 3.63) is 60.7 Å². The minimum Gasteiger partial charge on any atom is -0.336 e. The molecule has 0 bridgehead atoms. The van der Waals surface area contributed by atoms with Crippen molar-refractivity contribution >= 4 is 28.1 Å². The first kappa shape index (κ1) is 14.2. The number of benzene rings is 1. The second kappa shape index (κ2) is 6.30. The number of H-pyrrole nitrogens is 2. The number of halogens is 1. The van der Waals surface area contributed by atoms with Gasteiger partial charge in [-0.1, -0.05) is 41.4 Å². The van der Waals surface area contributed by atoms with Crippen LogP contribution in [0.4, 0.5) is 0 Å². The van der Waals surface area contributed by atoms with Gasteiger partial charge in [0.1, 0.15) is 0 Å². The Balaban J connectivity index is 2.41. The van der Waals surface area contributed by atoms with E-state index < -0.39 is 0 Å². The van der Waals surface area contributed by atoms with Crippen molar-refractivity contribution in [2.24, 2.45) is 0 Å². The number of hydrogen-bond donors (Lipinski definition) is 2. The summed E-state index contributed by atoms with van der Waals surface area (Å²) in [5, 5.41) is 0. The highest BCUT2D eigenvalue weighted by Crippen LogP contribution is 2.14. The Morgan fingerprint density at radius 1 is 1.21 bits per heavy atom. The molecule has 0 atom stereocenters. The third kappa shape index (κ3) is 3.64. The predicted octanol–water partition coefficient (Wildman–Crippen LogP) is 3.74. The molecule has 2 N–H and O–H groups in total. The Labute approximate surface area is 125 Å². The molecule has 0 saturated heterocycles. The molecule has 1 aromatic heterocycles. The van der Waals surface area contributed by atoms with Gasteiger partial charge in [-0.05, 0) is 36.3 Å². The van der Waals surface area contributed by atoms with Crippen molar-refractivity contribution < 1.29 is 0 Å². The Hall–Kier alpha value is -1.20. The van der Waals surface area contributed by atoms with Crippen molar-refractivity contribution in [1.82, 2.24) is 9.97 Å². The Morgan fingerprint density at radius 3 is 2.53 bits per heavy atom. The van der Waals surface area contributed by atoms with E-state index in [0.29, 0.717) is 11.2 Å². The van der Waals surface area contributed by atoms with E-state index in [1.807, 2.05) is 24.3 Å².